The SMILES string of the molecule is COC(C)CNS(=O)(=O)c1nnc(N)s1. The molecule has 0 aromatic carbocycles. The van der Waals surface area contributed by atoms with Crippen molar-refractivity contribution in [2.45, 2.75) is 17.4 Å². The smallest absolute Gasteiger partial charge is 0.269 e. The molecule has 1 aromatic heterocycles. The van der Waals surface area contributed by atoms with E-state index in [1.54, 1.807) is 6.92 Å². The van der Waals surface area contributed by atoms with Crippen LogP contribution in [0.15, 0.2) is 4.34 Å². The number of nitrogens with two attached hydrogens (primary N) is 1. The van der Waals surface area contributed by atoms with Gasteiger partial charge in [0, 0.05) is 13.7 Å². The summed E-state index contributed by atoms with van der Waals surface area (Å²) in [7, 11) is -2.11. The normalized spacial score (nSPS) is 14.0. The van der Waals surface area contributed by atoms with Gasteiger partial charge in [-0.3, -0.25) is 0 Å². The van der Waals surface area contributed by atoms with Gasteiger partial charge in [0.25, 0.3) is 10.0 Å². The number of ether oxygens (including phenoxy) is 1. The van der Waals surface area contributed by atoms with Crippen LogP contribution in [0.1, 0.15) is 6.92 Å². The van der Waals surface area contributed by atoms with Crippen LogP contribution in [0.2, 0.25) is 0 Å². The fourth-order valence-corrected chi connectivity index (χ4v) is 2.64. The summed E-state index contributed by atoms with van der Waals surface area (Å²) in [6.45, 7) is 1.93. The average Bonchev–Trinajstić information content (AvgIpc) is 2.62. The van der Waals surface area contributed by atoms with Crippen molar-refractivity contribution in [3.8, 4) is 0 Å². The molecule has 0 aliphatic rings. The highest BCUT2D eigenvalue weighted by Crippen LogP contribution is 2.16. The topological polar surface area (TPSA) is 107 Å². The van der Waals surface area contributed by atoms with Gasteiger partial charge in [0.1, 0.15) is 0 Å². The fraction of sp³-hybridized carbons (Fsp3) is 0.667. The van der Waals surface area contributed by atoms with Gasteiger partial charge < -0.3 is 10.5 Å². The Morgan fingerprint density at radius 3 is 2.73 bits per heavy atom. The van der Waals surface area contributed by atoms with Crippen molar-refractivity contribution in [1.82, 2.24) is 14.9 Å². The second kappa shape index (κ2) is 4.84. The number of hydrogen-bond acceptors (Lipinski definition) is 7. The van der Waals surface area contributed by atoms with Crippen molar-refractivity contribution in [1.29, 1.82) is 0 Å². The van der Waals surface area contributed by atoms with Crippen molar-refractivity contribution in [3.63, 3.8) is 0 Å². The standard InChI is InChI=1S/C6H12N4O3S2/c1-4(13-2)3-8-15(11,12)6-10-9-5(7)14-6/h4,8H,3H2,1-2H3,(H2,7,9). The lowest BCUT2D eigenvalue weighted by molar-refractivity contribution is 0.122. The molecule has 1 unspecified atom stereocenters. The lowest BCUT2D eigenvalue weighted by Crippen LogP contribution is -2.31. The van der Waals surface area contributed by atoms with E-state index in [2.05, 4.69) is 14.9 Å². The lowest BCUT2D eigenvalue weighted by Gasteiger charge is -2.09. The van der Waals surface area contributed by atoms with Crippen molar-refractivity contribution < 1.29 is 13.2 Å². The van der Waals surface area contributed by atoms with Crippen LogP contribution in [0.25, 0.3) is 0 Å². The second-order valence-corrected chi connectivity index (χ2v) is 5.75. The zero-order valence-corrected chi connectivity index (χ0v) is 9.93. The van der Waals surface area contributed by atoms with E-state index in [9.17, 15) is 8.42 Å². The van der Waals surface area contributed by atoms with E-state index < -0.39 is 10.0 Å². The Kier molecular flexibility index (Phi) is 3.97. The maximum Gasteiger partial charge on any atom is 0.269 e. The Morgan fingerprint density at radius 1 is 1.60 bits per heavy atom. The number of methoxy groups -OCH3 is 1. The molecule has 3 N–H and O–H groups in total. The molecule has 86 valence electrons. The van der Waals surface area contributed by atoms with Crippen LogP contribution in [0.3, 0.4) is 0 Å². The molecule has 0 aliphatic heterocycles. The molecule has 1 atom stereocenters. The predicted octanol–water partition coefficient (Wildman–Crippen LogP) is -0.567. The van der Waals surface area contributed by atoms with Gasteiger partial charge in [0.05, 0.1) is 6.10 Å². The number of nitrogens with one attached hydrogen (secondary N) is 1. The van der Waals surface area contributed by atoms with Gasteiger partial charge in [0.15, 0.2) is 0 Å². The number of nitrogen functional groups attached to an aromatic ring is 1. The molecule has 0 fully saturated rings. The first-order valence-electron chi connectivity index (χ1n) is 4.07. The highest BCUT2D eigenvalue weighted by Gasteiger charge is 2.19. The first kappa shape index (κ1) is 12.3. The minimum atomic E-state index is -3.61. The molecule has 0 amide bonds. The minimum Gasteiger partial charge on any atom is -0.380 e. The Hall–Kier alpha value is -0.770. The first-order chi connectivity index (χ1) is 6.95. The van der Waals surface area contributed by atoms with Gasteiger partial charge in [-0.1, -0.05) is 11.3 Å². The van der Waals surface area contributed by atoms with Crippen LogP contribution in [0.5, 0.6) is 0 Å². The van der Waals surface area contributed by atoms with E-state index in [4.69, 9.17) is 10.5 Å². The summed E-state index contributed by atoms with van der Waals surface area (Å²) >= 11 is 0.818. The van der Waals surface area contributed by atoms with Crippen LogP contribution in [0.4, 0.5) is 5.13 Å². The number of rotatable bonds is 5. The zero-order chi connectivity index (χ0) is 11.5. The third-order valence-corrected chi connectivity index (χ3v) is 4.16. The van der Waals surface area contributed by atoms with E-state index in [0.29, 0.717) is 0 Å². The zero-order valence-electron chi connectivity index (χ0n) is 8.30. The van der Waals surface area contributed by atoms with Gasteiger partial charge in [-0.15, -0.1) is 10.2 Å². The highest BCUT2D eigenvalue weighted by molar-refractivity contribution is 7.91. The van der Waals surface area contributed by atoms with E-state index in [1.807, 2.05) is 0 Å². The Morgan fingerprint density at radius 2 is 2.27 bits per heavy atom. The highest BCUT2D eigenvalue weighted by atomic mass is 32.2. The minimum absolute atomic E-state index is 0.121. The molecule has 9 heteroatoms. The van der Waals surface area contributed by atoms with Gasteiger partial charge in [-0.2, -0.15) is 0 Å². The number of sulfonamides is 1. The predicted molar refractivity (Wildman–Crippen MR) is 56.0 cm³/mol. The molecule has 0 saturated heterocycles. The first-order valence-corrected chi connectivity index (χ1v) is 6.37. The molecule has 0 aliphatic carbocycles. The summed E-state index contributed by atoms with van der Waals surface area (Å²) in [5, 5.41) is 6.99. The number of nitrogens with zero attached hydrogens (tertiary/aromatic N) is 2. The maximum absolute atomic E-state index is 11.6. The largest absolute Gasteiger partial charge is 0.380 e. The molecule has 15 heavy (non-hydrogen) atoms. The Labute approximate surface area is 91.7 Å². The van der Waals surface area contributed by atoms with Crippen molar-refractivity contribution in [2.75, 3.05) is 19.4 Å². The second-order valence-electron chi connectivity index (χ2n) is 2.80. The Bertz CT molecular complexity index is 416. The monoisotopic (exact) mass is 252 g/mol. The van der Waals surface area contributed by atoms with E-state index >= 15 is 0 Å². The van der Waals surface area contributed by atoms with E-state index in [0.717, 1.165) is 11.3 Å². The summed E-state index contributed by atoms with van der Waals surface area (Å²) in [6.07, 6.45) is -0.204. The molecule has 0 spiro atoms. The molecule has 1 rings (SSSR count). The third-order valence-electron chi connectivity index (χ3n) is 1.62. The van der Waals surface area contributed by atoms with Crippen LogP contribution in [0, 0.1) is 0 Å². The molecule has 1 aromatic rings. The quantitative estimate of drug-likeness (QED) is 0.727. The molecule has 0 radical (unpaired) electrons. The molecule has 7 nitrogen and oxygen atoms in total. The van der Waals surface area contributed by atoms with Gasteiger partial charge in [-0.25, -0.2) is 13.1 Å². The Balaban J connectivity index is 2.68. The fourth-order valence-electron chi connectivity index (χ4n) is 0.701. The van der Waals surface area contributed by atoms with Crippen molar-refractivity contribution in [3.05, 3.63) is 0 Å². The lowest BCUT2D eigenvalue weighted by atomic mass is 10.4. The summed E-state index contributed by atoms with van der Waals surface area (Å²) in [6, 6.07) is 0. The van der Waals surface area contributed by atoms with Crippen LogP contribution >= 0.6 is 11.3 Å². The molecular weight excluding hydrogens is 240 g/mol. The number of hydrogen-bond donors (Lipinski definition) is 2. The molecule has 0 bridgehead atoms. The maximum atomic E-state index is 11.6. The van der Waals surface area contributed by atoms with Crippen molar-refractivity contribution in [2.24, 2.45) is 0 Å². The van der Waals surface area contributed by atoms with Crippen LogP contribution in [-0.2, 0) is 14.8 Å². The summed E-state index contributed by atoms with van der Waals surface area (Å²) in [5.41, 5.74) is 5.29. The van der Waals surface area contributed by atoms with Gasteiger partial charge in [-0.05, 0) is 6.92 Å². The summed E-state index contributed by atoms with van der Waals surface area (Å²) in [5.74, 6) is 0. The van der Waals surface area contributed by atoms with Gasteiger partial charge in [0.2, 0.25) is 9.47 Å². The molecular formula is C6H12N4O3S2. The van der Waals surface area contributed by atoms with Crippen LogP contribution < -0.4 is 10.5 Å². The van der Waals surface area contributed by atoms with Crippen molar-refractivity contribution >= 4 is 26.5 Å². The molecule has 1 heterocycles. The van der Waals surface area contributed by atoms with Crippen LogP contribution in [-0.4, -0.2) is 38.4 Å². The summed E-state index contributed by atoms with van der Waals surface area (Å²) in [4.78, 5) is 0. The third kappa shape index (κ3) is 3.38. The molecule has 0 saturated carbocycles. The van der Waals surface area contributed by atoms with E-state index in [1.165, 1.54) is 7.11 Å². The average molecular weight is 252 g/mol. The number of aromatic nitrogens is 2. The number of anilines is 1. The van der Waals surface area contributed by atoms with Gasteiger partial charge >= 0.3 is 0 Å². The summed E-state index contributed by atoms with van der Waals surface area (Å²) < 4.78 is 30.2. The van der Waals surface area contributed by atoms with E-state index in [-0.39, 0.29) is 22.1 Å².